The second-order valence-corrected chi connectivity index (χ2v) is 6.85. The summed E-state index contributed by atoms with van der Waals surface area (Å²) in [6.07, 6.45) is 25.3. The van der Waals surface area contributed by atoms with Gasteiger partial charge in [-0.3, -0.25) is 0 Å². The first-order valence-corrected chi connectivity index (χ1v) is 9.86. The Balaban J connectivity index is 1.84. The standard InChI is InChI=1S/C20H39N3/c1-3-4-5-6-7-8-9-10-11-12-13-14-15-16-20-22-17-18-23(20)19(2)21/h6-7,17-20,22H,3-5,8-16,21H2,1-2H3/b7-6+. The monoisotopic (exact) mass is 321 g/mol. The van der Waals surface area contributed by atoms with Crippen molar-refractivity contribution >= 4 is 0 Å². The number of nitrogens with one attached hydrogen (secondary N) is 1. The van der Waals surface area contributed by atoms with Gasteiger partial charge in [-0.1, -0.05) is 64.0 Å². The van der Waals surface area contributed by atoms with Gasteiger partial charge in [0.15, 0.2) is 0 Å². The van der Waals surface area contributed by atoms with Crippen LogP contribution in [0.5, 0.6) is 0 Å². The molecule has 0 aromatic carbocycles. The van der Waals surface area contributed by atoms with Gasteiger partial charge in [-0.15, -0.1) is 0 Å². The number of unbranched alkanes of at least 4 members (excludes halogenated alkanes) is 9. The van der Waals surface area contributed by atoms with Gasteiger partial charge in [-0.25, -0.2) is 0 Å². The summed E-state index contributed by atoms with van der Waals surface area (Å²) >= 11 is 0. The predicted molar refractivity (Wildman–Crippen MR) is 102 cm³/mol. The normalized spacial score (nSPS) is 18.7. The Kier molecular flexibility index (Phi) is 11.8. The molecule has 0 spiro atoms. The number of allylic oxidation sites excluding steroid dienone is 2. The molecule has 23 heavy (non-hydrogen) atoms. The number of hydrogen-bond acceptors (Lipinski definition) is 3. The van der Waals surface area contributed by atoms with Crippen molar-refractivity contribution in [1.29, 1.82) is 0 Å². The van der Waals surface area contributed by atoms with Crippen LogP contribution in [0.15, 0.2) is 24.6 Å². The van der Waals surface area contributed by atoms with Gasteiger partial charge in [0.1, 0.15) is 0 Å². The Hall–Kier alpha value is -0.960. The number of nitrogens with zero attached hydrogens (tertiary/aromatic N) is 1. The van der Waals surface area contributed by atoms with E-state index >= 15 is 0 Å². The first kappa shape index (κ1) is 20.1. The molecule has 0 radical (unpaired) electrons. The highest BCUT2D eigenvalue weighted by atomic mass is 15.3. The SMILES string of the molecule is CCCC/C=C/CCCCCCCCCC1NC=CN1C(C)N. The fourth-order valence-corrected chi connectivity index (χ4v) is 3.12. The molecule has 0 amide bonds. The minimum absolute atomic E-state index is 0.0993. The molecular formula is C20H39N3. The first-order valence-electron chi connectivity index (χ1n) is 9.86. The van der Waals surface area contributed by atoms with Crippen LogP contribution in [0.25, 0.3) is 0 Å². The van der Waals surface area contributed by atoms with Crippen molar-refractivity contribution in [3.05, 3.63) is 24.6 Å². The summed E-state index contributed by atoms with van der Waals surface area (Å²) in [6.45, 7) is 4.30. The quantitative estimate of drug-likeness (QED) is 0.339. The average molecular weight is 322 g/mol. The van der Waals surface area contributed by atoms with Crippen LogP contribution >= 0.6 is 0 Å². The maximum Gasteiger partial charge on any atom is 0.0995 e. The molecule has 3 heteroatoms. The Morgan fingerprint density at radius 2 is 1.61 bits per heavy atom. The average Bonchev–Trinajstić information content (AvgIpc) is 3.00. The van der Waals surface area contributed by atoms with Gasteiger partial charge >= 0.3 is 0 Å². The van der Waals surface area contributed by atoms with Crippen molar-refractivity contribution in [2.24, 2.45) is 5.73 Å². The lowest BCUT2D eigenvalue weighted by Gasteiger charge is -2.28. The Morgan fingerprint density at radius 3 is 2.26 bits per heavy atom. The highest BCUT2D eigenvalue weighted by molar-refractivity contribution is 4.95. The molecule has 3 nitrogen and oxygen atoms in total. The molecule has 1 aliphatic heterocycles. The van der Waals surface area contributed by atoms with E-state index in [1.54, 1.807) is 0 Å². The Bertz CT molecular complexity index is 323. The molecule has 0 aromatic rings. The van der Waals surface area contributed by atoms with Crippen molar-refractivity contribution in [2.75, 3.05) is 0 Å². The third kappa shape index (κ3) is 9.70. The third-order valence-corrected chi connectivity index (χ3v) is 4.60. The highest BCUT2D eigenvalue weighted by Crippen LogP contribution is 2.15. The fraction of sp³-hybridized carbons (Fsp3) is 0.800. The molecule has 0 saturated heterocycles. The van der Waals surface area contributed by atoms with Crippen molar-refractivity contribution in [1.82, 2.24) is 10.2 Å². The second-order valence-electron chi connectivity index (χ2n) is 6.85. The van der Waals surface area contributed by atoms with E-state index in [0.29, 0.717) is 6.17 Å². The van der Waals surface area contributed by atoms with Crippen LogP contribution in [-0.2, 0) is 0 Å². The molecule has 1 rings (SSSR count). The molecule has 134 valence electrons. The second kappa shape index (κ2) is 13.5. The lowest BCUT2D eigenvalue weighted by atomic mass is 10.1. The molecule has 0 bridgehead atoms. The molecule has 0 aromatic heterocycles. The van der Waals surface area contributed by atoms with Gasteiger partial charge < -0.3 is 16.0 Å². The van der Waals surface area contributed by atoms with E-state index in [2.05, 4.69) is 35.5 Å². The van der Waals surface area contributed by atoms with Crippen LogP contribution in [0.2, 0.25) is 0 Å². The zero-order chi connectivity index (χ0) is 16.8. The van der Waals surface area contributed by atoms with Crippen LogP contribution in [0.1, 0.15) is 90.9 Å². The van der Waals surface area contributed by atoms with Gasteiger partial charge in [0.25, 0.3) is 0 Å². The van der Waals surface area contributed by atoms with Crippen LogP contribution in [0.4, 0.5) is 0 Å². The molecule has 3 N–H and O–H groups in total. The minimum atomic E-state index is 0.0993. The lowest BCUT2D eigenvalue weighted by Crippen LogP contribution is -2.44. The summed E-state index contributed by atoms with van der Waals surface area (Å²) in [4.78, 5) is 2.22. The Morgan fingerprint density at radius 1 is 1.00 bits per heavy atom. The molecule has 2 unspecified atom stereocenters. The van der Waals surface area contributed by atoms with Crippen LogP contribution in [0.3, 0.4) is 0 Å². The van der Waals surface area contributed by atoms with E-state index < -0.39 is 0 Å². The topological polar surface area (TPSA) is 41.3 Å². The van der Waals surface area contributed by atoms with Gasteiger partial charge in [-0.2, -0.15) is 0 Å². The lowest BCUT2D eigenvalue weighted by molar-refractivity contribution is 0.208. The van der Waals surface area contributed by atoms with Crippen LogP contribution < -0.4 is 11.1 Å². The maximum absolute atomic E-state index is 5.96. The van der Waals surface area contributed by atoms with Crippen molar-refractivity contribution in [3.8, 4) is 0 Å². The predicted octanol–water partition coefficient (Wildman–Crippen LogP) is 5.25. The summed E-state index contributed by atoms with van der Waals surface area (Å²) in [5.74, 6) is 0. The highest BCUT2D eigenvalue weighted by Gasteiger charge is 2.20. The number of rotatable bonds is 14. The van der Waals surface area contributed by atoms with E-state index in [-0.39, 0.29) is 6.17 Å². The van der Waals surface area contributed by atoms with Gasteiger partial charge in [-0.05, 0) is 39.0 Å². The van der Waals surface area contributed by atoms with Crippen molar-refractivity contribution < 1.29 is 0 Å². The van der Waals surface area contributed by atoms with Crippen LogP contribution in [-0.4, -0.2) is 17.2 Å². The van der Waals surface area contributed by atoms with Gasteiger partial charge in [0.05, 0.1) is 12.3 Å². The summed E-state index contributed by atoms with van der Waals surface area (Å²) in [6, 6.07) is 0. The van der Waals surface area contributed by atoms with Gasteiger partial charge in [0, 0.05) is 12.4 Å². The largest absolute Gasteiger partial charge is 0.370 e. The minimum Gasteiger partial charge on any atom is -0.370 e. The van der Waals surface area contributed by atoms with E-state index in [4.69, 9.17) is 5.73 Å². The summed E-state index contributed by atoms with van der Waals surface area (Å²) < 4.78 is 0. The molecule has 0 fully saturated rings. The maximum atomic E-state index is 5.96. The fourth-order valence-electron chi connectivity index (χ4n) is 3.12. The van der Waals surface area contributed by atoms with Crippen molar-refractivity contribution in [3.63, 3.8) is 0 Å². The molecule has 1 aliphatic rings. The van der Waals surface area contributed by atoms with E-state index in [9.17, 15) is 0 Å². The number of nitrogens with two attached hydrogens (primary N) is 1. The molecule has 1 heterocycles. The zero-order valence-corrected chi connectivity index (χ0v) is 15.5. The zero-order valence-electron chi connectivity index (χ0n) is 15.5. The molecule has 2 atom stereocenters. The van der Waals surface area contributed by atoms with E-state index in [1.165, 1.54) is 77.0 Å². The van der Waals surface area contributed by atoms with Gasteiger partial charge in [0.2, 0.25) is 0 Å². The van der Waals surface area contributed by atoms with Crippen molar-refractivity contribution in [2.45, 2.75) is 103 Å². The Labute approximate surface area is 144 Å². The molecule has 0 aliphatic carbocycles. The van der Waals surface area contributed by atoms with E-state index in [0.717, 1.165) is 0 Å². The third-order valence-electron chi connectivity index (χ3n) is 4.60. The van der Waals surface area contributed by atoms with E-state index in [1.807, 2.05) is 13.1 Å². The summed E-state index contributed by atoms with van der Waals surface area (Å²) in [7, 11) is 0. The molecule has 0 saturated carbocycles. The summed E-state index contributed by atoms with van der Waals surface area (Å²) in [5.41, 5.74) is 5.96. The number of hydrogen-bond donors (Lipinski definition) is 2. The molecular weight excluding hydrogens is 282 g/mol. The summed E-state index contributed by atoms with van der Waals surface area (Å²) in [5, 5.41) is 3.39. The smallest absolute Gasteiger partial charge is 0.0995 e. The first-order chi connectivity index (χ1) is 11.3. The van der Waals surface area contributed by atoms with Crippen LogP contribution in [0, 0.1) is 0 Å².